The number of aromatic nitrogens is 2. The molecule has 0 aromatic carbocycles. The van der Waals surface area contributed by atoms with Gasteiger partial charge in [-0.3, -0.25) is 4.90 Å². The predicted molar refractivity (Wildman–Crippen MR) is 56.3 cm³/mol. The number of nitrogens with zero attached hydrogens (tertiary/aromatic N) is 3. The Hall–Kier alpha value is -0.940. The van der Waals surface area contributed by atoms with E-state index in [1.165, 1.54) is 0 Å². The van der Waals surface area contributed by atoms with Crippen LogP contribution in [0.15, 0.2) is 4.52 Å². The van der Waals surface area contributed by atoms with Gasteiger partial charge in [0, 0.05) is 25.6 Å². The van der Waals surface area contributed by atoms with E-state index in [-0.39, 0.29) is 6.04 Å². The second-order valence-electron chi connectivity index (χ2n) is 4.12. The molecule has 0 radical (unpaired) electrons. The van der Waals surface area contributed by atoms with Crippen molar-refractivity contribution in [1.82, 2.24) is 15.0 Å². The van der Waals surface area contributed by atoms with E-state index < -0.39 is 0 Å². The summed E-state index contributed by atoms with van der Waals surface area (Å²) in [6, 6.07) is 0.479. The molecule has 1 saturated heterocycles. The van der Waals surface area contributed by atoms with E-state index in [2.05, 4.69) is 22.0 Å². The van der Waals surface area contributed by atoms with Gasteiger partial charge in [-0.15, -0.1) is 0 Å². The maximum absolute atomic E-state index is 5.86. The average molecular weight is 210 g/mol. The van der Waals surface area contributed by atoms with Gasteiger partial charge in [-0.25, -0.2) is 0 Å². The van der Waals surface area contributed by atoms with Crippen molar-refractivity contribution in [1.29, 1.82) is 0 Å². The zero-order chi connectivity index (χ0) is 10.8. The summed E-state index contributed by atoms with van der Waals surface area (Å²) >= 11 is 0. The van der Waals surface area contributed by atoms with Crippen LogP contribution in [0.2, 0.25) is 0 Å². The first-order valence-electron chi connectivity index (χ1n) is 5.52. The van der Waals surface area contributed by atoms with Gasteiger partial charge in [-0.1, -0.05) is 12.1 Å². The van der Waals surface area contributed by atoms with Crippen molar-refractivity contribution in [2.24, 2.45) is 5.73 Å². The first-order valence-corrected chi connectivity index (χ1v) is 5.52. The molecule has 1 aliphatic heterocycles. The minimum atomic E-state index is 0.186. The highest BCUT2D eigenvalue weighted by Crippen LogP contribution is 2.22. The van der Waals surface area contributed by atoms with E-state index in [0.717, 1.165) is 31.8 Å². The second kappa shape index (κ2) is 4.28. The quantitative estimate of drug-likeness (QED) is 0.796. The van der Waals surface area contributed by atoms with Crippen LogP contribution in [0, 0.1) is 0 Å². The summed E-state index contributed by atoms with van der Waals surface area (Å²) in [5, 5.41) is 3.90. The van der Waals surface area contributed by atoms with E-state index >= 15 is 0 Å². The summed E-state index contributed by atoms with van der Waals surface area (Å²) in [6.45, 7) is 6.05. The van der Waals surface area contributed by atoms with Gasteiger partial charge in [0.05, 0.1) is 6.04 Å². The minimum Gasteiger partial charge on any atom is -0.338 e. The summed E-state index contributed by atoms with van der Waals surface area (Å²) in [6.07, 6.45) is 1.87. The van der Waals surface area contributed by atoms with Crippen molar-refractivity contribution in [3.05, 3.63) is 11.7 Å². The van der Waals surface area contributed by atoms with Crippen LogP contribution in [0.5, 0.6) is 0 Å². The number of hydrogen-bond donors (Lipinski definition) is 1. The molecule has 0 spiro atoms. The predicted octanol–water partition coefficient (Wildman–Crippen LogP) is 0.726. The van der Waals surface area contributed by atoms with Gasteiger partial charge in [-0.05, 0) is 13.3 Å². The number of nitrogens with two attached hydrogens (primary N) is 1. The van der Waals surface area contributed by atoms with E-state index in [1.54, 1.807) is 0 Å². The molecule has 5 heteroatoms. The van der Waals surface area contributed by atoms with Crippen LogP contribution in [0.3, 0.4) is 0 Å². The first-order chi connectivity index (χ1) is 7.20. The molecule has 84 valence electrons. The molecule has 1 aliphatic rings. The van der Waals surface area contributed by atoms with Crippen molar-refractivity contribution in [3.8, 4) is 0 Å². The Kier molecular flexibility index (Phi) is 3.02. The van der Waals surface area contributed by atoms with Crippen molar-refractivity contribution < 1.29 is 4.52 Å². The molecule has 0 bridgehead atoms. The molecular formula is C10H18N4O. The molecular weight excluding hydrogens is 192 g/mol. The van der Waals surface area contributed by atoms with Crippen molar-refractivity contribution in [2.75, 3.05) is 13.1 Å². The molecule has 1 aromatic heterocycles. The lowest BCUT2D eigenvalue weighted by Gasteiger charge is -2.20. The number of rotatable bonds is 3. The molecule has 2 heterocycles. The van der Waals surface area contributed by atoms with Crippen molar-refractivity contribution >= 4 is 0 Å². The summed E-state index contributed by atoms with van der Waals surface area (Å²) in [4.78, 5) is 6.63. The summed E-state index contributed by atoms with van der Waals surface area (Å²) < 4.78 is 5.22. The van der Waals surface area contributed by atoms with E-state index in [1.807, 2.05) is 6.92 Å². The fourth-order valence-electron chi connectivity index (χ4n) is 1.90. The van der Waals surface area contributed by atoms with E-state index in [9.17, 15) is 0 Å². The monoisotopic (exact) mass is 210 g/mol. The Morgan fingerprint density at radius 3 is 3.00 bits per heavy atom. The molecule has 0 amide bonds. The van der Waals surface area contributed by atoms with Gasteiger partial charge >= 0.3 is 0 Å². The Morgan fingerprint density at radius 2 is 2.47 bits per heavy atom. The van der Waals surface area contributed by atoms with Crippen molar-refractivity contribution in [3.63, 3.8) is 0 Å². The smallest absolute Gasteiger partial charge is 0.243 e. The third kappa shape index (κ3) is 2.18. The number of hydrogen-bond acceptors (Lipinski definition) is 5. The lowest BCUT2D eigenvalue weighted by Crippen LogP contribution is -2.29. The lowest BCUT2D eigenvalue weighted by atomic mass is 10.3. The van der Waals surface area contributed by atoms with Gasteiger partial charge in [0.2, 0.25) is 5.89 Å². The molecule has 1 unspecified atom stereocenters. The zero-order valence-electron chi connectivity index (χ0n) is 9.31. The maximum atomic E-state index is 5.86. The number of likely N-dealkylation sites (tertiary alicyclic amines) is 1. The summed E-state index contributed by atoms with van der Waals surface area (Å²) in [5.74, 6) is 1.49. The zero-order valence-corrected chi connectivity index (χ0v) is 9.31. The molecule has 2 N–H and O–H groups in total. The molecule has 1 fully saturated rings. The highest BCUT2D eigenvalue weighted by Gasteiger charge is 2.27. The molecule has 2 rings (SSSR count). The van der Waals surface area contributed by atoms with Crippen LogP contribution in [0.4, 0.5) is 0 Å². The molecule has 0 saturated carbocycles. The van der Waals surface area contributed by atoms with Gasteiger partial charge in [-0.2, -0.15) is 4.98 Å². The van der Waals surface area contributed by atoms with Gasteiger partial charge in [0.25, 0.3) is 0 Å². The van der Waals surface area contributed by atoms with E-state index in [4.69, 9.17) is 10.3 Å². The van der Waals surface area contributed by atoms with Crippen LogP contribution in [0.1, 0.15) is 38.0 Å². The molecule has 0 aliphatic carbocycles. The van der Waals surface area contributed by atoms with Crippen LogP contribution < -0.4 is 5.73 Å². The highest BCUT2D eigenvalue weighted by atomic mass is 16.5. The van der Waals surface area contributed by atoms with Crippen molar-refractivity contribution in [2.45, 2.75) is 38.8 Å². The normalized spacial score (nSPS) is 24.6. The van der Waals surface area contributed by atoms with E-state index in [0.29, 0.717) is 11.9 Å². The summed E-state index contributed by atoms with van der Waals surface area (Å²) in [7, 11) is 0. The second-order valence-corrected chi connectivity index (χ2v) is 4.12. The highest BCUT2D eigenvalue weighted by molar-refractivity contribution is 4.94. The topological polar surface area (TPSA) is 68.2 Å². The van der Waals surface area contributed by atoms with Crippen LogP contribution in [-0.4, -0.2) is 34.2 Å². The third-order valence-electron chi connectivity index (χ3n) is 2.96. The molecule has 1 aromatic rings. The lowest BCUT2D eigenvalue weighted by molar-refractivity contribution is 0.207. The Bertz CT molecular complexity index is 325. The Labute approximate surface area is 89.6 Å². The minimum absolute atomic E-state index is 0.186. The average Bonchev–Trinajstić information content (AvgIpc) is 2.84. The largest absolute Gasteiger partial charge is 0.338 e. The Morgan fingerprint density at radius 1 is 1.67 bits per heavy atom. The molecule has 15 heavy (non-hydrogen) atoms. The molecule has 2 atom stereocenters. The Balaban J connectivity index is 2.03. The fraction of sp³-hybridized carbons (Fsp3) is 0.800. The standard InChI is InChI=1S/C10H18N4O/c1-3-9-12-10(15-13-9)7(2)14-5-4-8(11)6-14/h7-8H,3-6,11H2,1-2H3/t7?,8-/m0/s1. The van der Waals surface area contributed by atoms with Gasteiger partial charge < -0.3 is 10.3 Å². The SMILES string of the molecule is CCc1noc(C(C)N2CC[C@H](N)C2)n1. The van der Waals surface area contributed by atoms with Crippen LogP contribution >= 0.6 is 0 Å². The number of aryl methyl sites for hydroxylation is 1. The van der Waals surface area contributed by atoms with Crippen LogP contribution in [-0.2, 0) is 6.42 Å². The fourth-order valence-corrected chi connectivity index (χ4v) is 1.90. The van der Waals surface area contributed by atoms with Gasteiger partial charge in [0.15, 0.2) is 5.82 Å². The first kappa shape index (κ1) is 10.6. The summed E-state index contributed by atoms with van der Waals surface area (Å²) in [5.41, 5.74) is 5.86. The van der Waals surface area contributed by atoms with Gasteiger partial charge in [0.1, 0.15) is 0 Å². The third-order valence-corrected chi connectivity index (χ3v) is 2.96. The maximum Gasteiger partial charge on any atom is 0.243 e. The van der Waals surface area contributed by atoms with Crippen LogP contribution in [0.25, 0.3) is 0 Å². The molecule has 5 nitrogen and oxygen atoms in total.